The highest BCUT2D eigenvalue weighted by Gasteiger charge is 2.10. The average Bonchev–Trinajstić information content (AvgIpc) is 3.13. The third-order valence-electron chi connectivity index (χ3n) is 3.31. The molecule has 0 aromatic carbocycles. The molecule has 0 amide bonds. The molecule has 0 saturated carbocycles. The van der Waals surface area contributed by atoms with Crippen LogP contribution in [0.2, 0.25) is 0 Å². The molecule has 2 aromatic rings. The maximum atomic E-state index is 5.49. The van der Waals surface area contributed by atoms with E-state index in [0.717, 1.165) is 16.5 Å². The van der Waals surface area contributed by atoms with Gasteiger partial charge in [-0.05, 0) is 24.3 Å². The van der Waals surface area contributed by atoms with Crippen molar-refractivity contribution in [1.82, 2.24) is 15.6 Å². The molecular weight excluding hydrogens is 411 g/mol. The minimum atomic E-state index is 0. The Morgan fingerprint density at radius 3 is 2.77 bits per heavy atom. The fourth-order valence-corrected chi connectivity index (χ4v) is 2.31. The third kappa shape index (κ3) is 5.28. The Kier molecular flexibility index (Phi) is 7.88. The summed E-state index contributed by atoms with van der Waals surface area (Å²) in [5.74, 6) is 1.98. The van der Waals surface area contributed by atoms with Crippen molar-refractivity contribution in [1.29, 1.82) is 0 Å². The normalized spacial score (nSPS) is 12.9. The van der Waals surface area contributed by atoms with Gasteiger partial charge in [-0.1, -0.05) is 19.9 Å². The maximum Gasteiger partial charge on any atom is 0.236 e. The van der Waals surface area contributed by atoms with Crippen LogP contribution < -0.4 is 10.6 Å². The van der Waals surface area contributed by atoms with Gasteiger partial charge < -0.3 is 15.1 Å². The van der Waals surface area contributed by atoms with Crippen LogP contribution >= 0.6 is 35.3 Å². The van der Waals surface area contributed by atoms with E-state index < -0.39 is 0 Å². The number of oxazole rings is 1. The van der Waals surface area contributed by atoms with Gasteiger partial charge >= 0.3 is 0 Å². The van der Waals surface area contributed by atoms with Gasteiger partial charge in [-0.25, -0.2) is 4.98 Å². The zero-order valence-electron chi connectivity index (χ0n) is 13.3. The number of halogens is 1. The van der Waals surface area contributed by atoms with Gasteiger partial charge in [0.15, 0.2) is 5.96 Å². The second-order valence-corrected chi connectivity index (χ2v) is 6.17. The Morgan fingerprint density at radius 1 is 1.41 bits per heavy atom. The van der Waals surface area contributed by atoms with Crippen molar-refractivity contribution >= 4 is 41.3 Å². The van der Waals surface area contributed by atoms with E-state index in [1.54, 1.807) is 24.6 Å². The fourth-order valence-electron chi connectivity index (χ4n) is 1.65. The molecule has 2 N–H and O–H groups in total. The first kappa shape index (κ1) is 19.0. The Balaban J connectivity index is 0.00000242. The van der Waals surface area contributed by atoms with Gasteiger partial charge in [0.25, 0.3) is 0 Å². The molecule has 122 valence electrons. The number of thiophene rings is 1. The Hall–Kier alpha value is -1.09. The van der Waals surface area contributed by atoms with Crippen molar-refractivity contribution in [2.75, 3.05) is 7.05 Å². The molecule has 0 spiro atoms. The van der Waals surface area contributed by atoms with E-state index in [-0.39, 0.29) is 24.0 Å². The molecule has 0 aliphatic rings. The predicted octanol–water partition coefficient (Wildman–Crippen LogP) is 3.73. The van der Waals surface area contributed by atoms with Crippen LogP contribution in [0.3, 0.4) is 0 Å². The second-order valence-electron chi connectivity index (χ2n) is 5.22. The van der Waals surface area contributed by atoms with E-state index in [1.807, 2.05) is 17.5 Å². The maximum absolute atomic E-state index is 5.49. The van der Waals surface area contributed by atoms with Crippen molar-refractivity contribution in [2.24, 2.45) is 10.9 Å². The molecule has 0 radical (unpaired) electrons. The topological polar surface area (TPSA) is 62.5 Å². The summed E-state index contributed by atoms with van der Waals surface area (Å²) >= 11 is 1.62. The first-order valence-electron chi connectivity index (χ1n) is 7.05. The number of hydrogen-bond donors (Lipinski definition) is 2. The molecule has 0 aliphatic carbocycles. The summed E-state index contributed by atoms with van der Waals surface area (Å²) in [4.78, 5) is 9.73. The second kappa shape index (κ2) is 9.14. The number of aliphatic imine (C=N–C) groups is 1. The number of nitrogens with one attached hydrogen (secondary N) is 2. The Labute approximate surface area is 152 Å². The van der Waals surface area contributed by atoms with Gasteiger partial charge in [0.2, 0.25) is 5.89 Å². The zero-order valence-corrected chi connectivity index (χ0v) is 16.4. The summed E-state index contributed by atoms with van der Waals surface area (Å²) in [5, 5.41) is 8.61. The average molecular weight is 434 g/mol. The number of guanidine groups is 1. The van der Waals surface area contributed by atoms with Gasteiger partial charge in [-0.3, -0.25) is 4.99 Å². The molecule has 0 saturated heterocycles. The lowest BCUT2D eigenvalue weighted by Gasteiger charge is -2.20. The zero-order chi connectivity index (χ0) is 15.2. The van der Waals surface area contributed by atoms with Crippen molar-refractivity contribution < 1.29 is 4.42 Å². The molecule has 0 fully saturated rings. The van der Waals surface area contributed by atoms with Crippen molar-refractivity contribution in [3.05, 3.63) is 29.5 Å². The number of hydrogen-bond acceptors (Lipinski definition) is 4. The number of aromatic nitrogens is 1. The molecule has 1 unspecified atom stereocenters. The molecule has 2 heterocycles. The van der Waals surface area contributed by atoms with E-state index in [1.165, 1.54) is 0 Å². The van der Waals surface area contributed by atoms with Gasteiger partial charge in [0.05, 0.1) is 17.1 Å². The minimum absolute atomic E-state index is 0. The molecular formula is C15H23IN4OS. The Bertz CT molecular complexity index is 580. The first-order valence-corrected chi connectivity index (χ1v) is 7.93. The number of nitrogens with zero attached hydrogens (tertiary/aromatic N) is 2. The van der Waals surface area contributed by atoms with Crippen LogP contribution in [0.15, 0.2) is 33.2 Å². The van der Waals surface area contributed by atoms with E-state index in [9.17, 15) is 0 Å². The van der Waals surface area contributed by atoms with Gasteiger partial charge in [0, 0.05) is 13.1 Å². The van der Waals surface area contributed by atoms with E-state index in [2.05, 4.69) is 41.4 Å². The van der Waals surface area contributed by atoms with Crippen LogP contribution in [0.25, 0.3) is 10.8 Å². The van der Waals surface area contributed by atoms with Crippen LogP contribution in [0.1, 0.15) is 26.5 Å². The molecule has 2 rings (SSSR count). The molecule has 2 aromatic heterocycles. The standard InChI is InChI=1S/C15H22N4OS.HI/c1-10(2)11(3)18-15(16-4)17-8-12-9-20-14(19-12)13-6-5-7-21-13;/h5-7,9-11H,8H2,1-4H3,(H2,16,17,18);1H. The van der Waals surface area contributed by atoms with Crippen LogP contribution in [0.4, 0.5) is 0 Å². The summed E-state index contributed by atoms with van der Waals surface area (Å²) in [6.07, 6.45) is 1.68. The molecule has 0 bridgehead atoms. The lowest BCUT2D eigenvalue weighted by molar-refractivity contribution is 0.480. The lowest BCUT2D eigenvalue weighted by Crippen LogP contribution is -2.43. The van der Waals surface area contributed by atoms with E-state index in [0.29, 0.717) is 24.4 Å². The van der Waals surface area contributed by atoms with Gasteiger partial charge in [-0.15, -0.1) is 35.3 Å². The first-order chi connectivity index (χ1) is 10.1. The smallest absolute Gasteiger partial charge is 0.236 e. The molecule has 1 atom stereocenters. The third-order valence-corrected chi connectivity index (χ3v) is 4.17. The highest BCUT2D eigenvalue weighted by Crippen LogP contribution is 2.23. The predicted molar refractivity (Wildman–Crippen MR) is 103 cm³/mol. The van der Waals surface area contributed by atoms with Crippen LogP contribution in [-0.2, 0) is 6.54 Å². The Morgan fingerprint density at radius 2 is 2.18 bits per heavy atom. The van der Waals surface area contributed by atoms with Crippen molar-refractivity contribution in [3.8, 4) is 10.8 Å². The highest BCUT2D eigenvalue weighted by molar-refractivity contribution is 14.0. The molecule has 5 nitrogen and oxygen atoms in total. The minimum Gasteiger partial charge on any atom is -0.443 e. The number of rotatable bonds is 5. The van der Waals surface area contributed by atoms with Crippen molar-refractivity contribution in [3.63, 3.8) is 0 Å². The summed E-state index contributed by atoms with van der Waals surface area (Å²) < 4.78 is 5.49. The molecule has 7 heteroatoms. The highest BCUT2D eigenvalue weighted by atomic mass is 127. The van der Waals surface area contributed by atoms with Crippen LogP contribution in [0.5, 0.6) is 0 Å². The van der Waals surface area contributed by atoms with E-state index in [4.69, 9.17) is 4.42 Å². The summed E-state index contributed by atoms with van der Waals surface area (Å²) in [6.45, 7) is 7.08. The molecule has 0 aliphatic heterocycles. The van der Waals surface area contributed by atoms with E-state index >= 15 is 0 Å². The van der Waals surface area contributed by atoms with Gasteiger partial charge in [0.1, 0.15) is 6.26 Å². The summed E-state index contributed by atoms with van der Waals surface area (Å²) in [6, 6.07) is 4.34. The van der Waals surface area contributed by atoms with Crippen LogP contribution in [0, 0.1) is 5.92 Å². The lowest BCUT2D eigenvalue weighted by atomic mass is 10.1. The van der Waals surface area contributed by atoms with Gasteiger partial charge in [-0.2, -0.15) is 0 Å². The fraction of sp³-hybridized carbons (Fsp3) is 0.467. The summed E-state index contributed by atoms with van der Waals surface area (Å²) in [5.41, 5.74) is 0.860. The quantitative estimate of drug-likeness (QED) is 0.428. The van der Waals surface area contributed by atoms with Crippen molar-refractivity contribution in [2.45, 2.75) is 33.4 Å². The largest absolute Gasteiger partial charge is 0.443 e. The SMILES string of the molecule is CN=C(NCc1coc(-c2cccs2)n1)NC(C)C(C)C.I. The summed E-state index contributed by atoms with van der Waals surface area (Å²) in [7, 11) is 1.77. The van der Waals surface area contributed by atoms with Crippen LogP contribution in [-0.4, -0.2) is 24.0 Å². The molecule has 22 heavy (non-hydrogen) atoms. The monoisotopic (exact) mass is 434 g/mol.